The Labute approximate surface area is 123 Å². The zero-order chi connectivity index (χ0) is 14.8. The van der Waals surface area contributed by atoms with E-state index in [4.69, 9.17) is 5.11 Å². The number of tetrazole rings is 1. The second-order valence-electron chi connectivity index (χ2n) is 4.51. The molecule has 0 radical (unpaired) electrons. The molecule has 0 aromatic carbocycles. The molecule has 3 aromatic heterocycles. The van der Waals surface area contributed by atoms with Crippen LogP contribution in [0.2, 0.25) is 0 Å². The molecule has 0 bridgehead atoms. The van der Waals surface area contributed by atoms with Gasteiger partial charge in [0, 0.05) is 18.1 Å². The number of nitrogens with zero attached hydrogens (tertiary/aromatic N) is 6. The summed E-state index contributed by atoms with van der Waals surface area (Å²) in [5.74, 6) is -0.409. The van der Waals surface area contributed by atoms with E-state index in [0.717, 1.165) is 16.9 Å². The molecule has 0 amide bonds. The first-order valence-electron chi connectivity index (χ1n) is 6.17. The van der Waals surface area contributed by atoms with Crippen molar-refractivity contribution in [2.45, 2.75) is 24.4 Å². The minimum atomic E-state index is -0.979. The van der Waals surface area contributed by atoms with Crippen molar-refractivity contribution in [2.75, 3.05) is 0 Å². The number of aromatic nitrogens is 6. The van der Waals surface area contributed by atoms with E-state index in [1.54, 1.807) is 0 Å². The topological polar surface area (TPSA) is 98.2 Å². The zero-order valence-corrected chi connectivity index (χ0v) is 12.0. The van der Waals surface area contributed by atoms with E-state index >= 15 is 0 Å². The van der Waals surface area contributed by atoms with Gasteiger partial charge < -0.3 is 9.51 Å². The third-order valence-electron chi connectivity index (χ3n) is 2.78. The Bertz CT molecular complexity index is 796. The van der Waals surface area contributed by atoms with Gasteiger partial charge in [0.05, 0.1) is 5.69 Å². The number of imidazole rings is 1. The van der Waals surface area contributed by atoms with Gasteiger partial charge in [-0.05, 0) is 29.0 Å². The molecular formula is C12H12N6O2S. The van der Waals surface area contributed by atoms with Gasteiger partial charge in [-0.15, -0.1) is 5.10 Å². The zero-order valence-electron chi connectivity index (χ0n) is 11.2. The molecule has 0 atom stereocenters. The molecule has 0 aliphatic heterocycles. The molecule has 9 heteroatoms. The summed E-state index contributed by atoms with van der Waals surface area (Å²) in [6.45, 7) is 1.77. The van der Waals surface area contributed by atoms with E-state index in [-0.39, 0.29) is 6.54 Å². The maximum absolute atomic E-state index is 10.7. The van der Waals surface area contributed by atoms with Crippen molar-refractivity contribution < 1.29 is 9.90 Å². The number of carbonyl (C=O) groups is 1. The molecule has 0 saturated heterocycles. The van der Waals surface area contributed by atoms with Gasteiger partial charge in [0.2, 0.25) is 5.16 Å². The van der Waals surface area contributed by atoms with Crippen LogP contribution < -0.4 is 0 Å². The maximum Gasteiger partial charge on any atom is 0.325 e. The molecule has 8 nitrogen and oxygen atoms in total. The second kappa shape index (κ2) is 5.52. The minimum absolute atomic E-state index is 0.250. The standard InChI is InChI=1S/C12H12N6O2S/c1-8-2-3-10-13-9(5-17(10)4-8)7-21-12-14-15-16-18(12)6-11(19)20/h2-5H,6-7H2,1H3,(H,19,20). The van der Waals surface area contributed by atoms with Crippen LogP contribution in [0.3, 0.4) is 0 Å². The van der Waals surface area contributed by atoms with Gasteiger partial charge >= 0.3 is 5.97 Å². The summed E-state index contributed by atoms with van der Waals surface area (Å²) >= 11 is 1.36. The van der Waals surface area contributed by atoms with Crippen molar-refractivity contribution in [1.29, 1.82) is 0 Å². The number of rotatable bonds is 5. The summed E-state index contributed by atoms with van der Waals surface area (Å²) in [6.07, 6.45) is 3.95. The molecule has 1 N–H and O–H groups in total. The molecule has 0 aliphatic rings. The lowest BCUT2D eigenvalue weighted by molar-refractivity contribution is -0.138. The van der Waals surface area contributed by atoms with Crippen LogP contribution in [-0.4, -0.2) is 40.7 Å². The number of aliphatic carboxylic acids is 1. The minimum Gasteiger partial charge on any atom is -0.480 e. The lowest BCUT2D eigenvalue weighted by Gasteiger charge is -1.99. The monoisotopic (exact) mass is 304 g/mol. The molecule has 108 valence electrons. The molecule has 0 saturated carbocycles. The number of aryl methyl sites for hydroxylation is 1. The number of fused-ring (bicyclic) bond motifs is 1. The number of carboxylic acids is 1. The number of hydrogen-bond acceptors (Lipinski definition) is 6. The molecule has 3 aromatic rings. The highest BCUT2D eigenvalue weighted by molar-refractivity contribution is 7.98. The van der Waals surface area contributed by atoms with E-state index in [2.05, 4.69) is 20.5 Å². The highest BCUT2D eigenvalue weighted by Gasteiger charge is 2.11. The molecule has 0 fully saturated rings. The normalized spacial score (nSPS) is 11.1. The van der Waals surface area contributed by atoms with Crippen LogP contribution in [-0.2, 0) is 17.1 Å². The van der Waals surface area contributed by atoms with Crippen molar-refractivity contribution in [3.05, 3.63) is 35.8 Å². The molecule has 3 heterocycles. The Kier molecular flexibility index (Phi) is 3.57. The molecule has 0 unspecified atom stereocenters. The summed E-state index contributed by atoms with van der Waals surface area (Å²) in [5, 5.41) is 20.2. The van der Waals surface area contributed by atoms with Crippen LogP contribution in [0.1, 0.15) is 11.3 Å². The van der Waals surface area contributed by atoms with Crippen molar-refractivity contribution in [3.8, 4) is 0 Å². The van der Waals surface area contributed by atoms with E-state index in [0.29, 0.717) is 10.9 Å². The van der Waals surface area contributed by atoms with Gasteiger partial charge in [-0.3, -0.25) is 4.79 Å². The van der Waals surface area contributed by atoms with Gasteiger partial charge in [0.15, 0.2) is 0 Å². The summed E-state index contributed by atoms with van der Waals surface area (Å²) < 4.78 is 3.22. The second-order valence-corrected chi connectivity index (χ2v) is 5.45. The Morgan fingerprint density at radius 2 is 2.24 bits per heavy atom. The van der Waals surface area contributed by atoms with Crippen LogP contribution in [0.25, 0.3) is 5.65 Å². The SMILES string of the molecule is Cc1ccc2nc(CSc3nnnn3CC(=O)O)cn2c1. The Balaban J connectivity index is 1.74. The summed E-state index contributed by atoms with van der Waals surface area (Å²) in [6, 6.07) is 3.96. The highest BCUT2D eigenvalue weighted by Crippen LogP contribution is 2.20. The maximum atomic E-state index is 10.7. The fourth-order valence-corrected chi connectivity index (χ4v) is 2.65. The smallest absolute Gasteiger partial charge is 0.325 e. The molecule has 0 aliphatic carbocycles. The van der Waals surface area contributed by atoms with E-state index in [1.165, 1.54) is 16.4 Å². The average Bonchev–Trinajstić information content (AvgIpc) is 3.01. The quantitative estimate of drug-likeness (QED) is 0.702. The Morgan fingerprint density at radius 1 is 1.38 bits per heavy atom. The number of pyridine rings is 1. The first-order chi connectivity index (χ1) is 10.1. The van der Waals surface area contributed by atoms with Gasteiger partial charge in [-0.2, -0.15) is 0 Å². The van der Waals surface area contributed by atoms with Crippen LogP contribution in [0.15, 0.2) is 29.7 Å². The number of hydrogen-bond donors (Lipinski definition) is 1. The summed E-state index contributed by atoms with van der Waals surface area (Å²) in [4.78, 5) is 15.2. The molecule has 3 rings (SSSR count). The van der Waals surface area contributed by atoms with Gasteiger partial charge in [0.1, 0.15) is 12.2 Å². The van der Waals surface area contributed by atoms with Crippen LogP contribution in [0.4, 0.5) is 0 Å². The first kappa shape index (κ1) is 13.6. The van der Waals surface area contributed by atoms with E-state index in [9.17, 15) is 4.79 Å². The largest absolute Gasteiger partial charge is 0.480 e. The summed E-state index contributed by atoms with van der Waals surface area (Å²) in [5.41, 5.74) is 2.92. The van der Waals surface area contributed by atoms with Gasteiger partial charge in [-0.1, -0.05) is 17.8 Å². The van der Waals surface area contributed by atoms with Crippen molar-refractivity contribution in [1.82, 2.24) is 29.6 Å². The van der Waals surface area contributed by atoms with Crippen molar-refractivity contribution >= 4 is 23.4 Å². The third kappa shape index (κ3) is 3.02. The van der Waals surface area contributed by atoms with E-state index in [1.807, 2.05) is 35.9 Å². The fraction of sp³-hybridized carbons (Fsp3) is 0.250. The van der Waals surface area contributed by atoms with Gasteiger partial charge in [0.25, 0.3) is 0 Å². The lowest BCUT2D eigenvalue weighted by Crippen LogP contribution is -2.11. The third-order valence-corrected chi connectivity index (χ3v) is 3.77. The van der Waals surface area contributed by atoms with Crippen molar-refractivity contribution in [3.63, 3.8) is 0 Å². The first-order valence-corrected chi connectivity index (χ1v) is 7.15. The predicted octanol–water partition coefficient (Wildman–Crippen LogP) is 1.01. The van der Waals surface area contributed by atoms with Crippen molar-refractivity contribution in [2.24, 2.45) is 0 Å². The van der Waals surface area contributed by atoms with Crippen LogP contribution >= 0.6 is 11.8 Å². The molecule has 21 heavy (non-hydrogen) atoms. The van der Waals surface area contributed by atoms with Crippen LogP contribution in [0.5, 0.6) is 0 Å². The van der Waals surface area contributed by atoms with Gasteiger partial charge in [-0.25, -0.2) is 9.67 Å². The summed E-state index contributed by atoms with van der Waals surface area (Å²) in [7, 11) is 0. The predicted molar refractivity (Wildman–Crippen MR) is 74.9 cm³/mol. The Morgan fingerprint density at radius 3 is 3.05 bits per heavy atom. The highest BCUT2D eigenvalue weighted by atomic mass is 32.2. The Hall–Kier alpha value is -2.42. The number of thioether (sulfide) groups is 1. The number of carboxylic acid groups (broad SMARTS) is 1. The van der Waals surface area contributed by atoms with Crippen LogP contribution in [0, 0.1) is 6.92 Å². The lowest BCUT2D eigenvalue weighted by atomic mass is 10.3. The molecule has 0 spiro atoms. The van der Waals surface area contributed by atoms with E-state index < -0.39 is 5.97 Å². The average molecular weight is 304 g/mol. The molecular weight excluding hydrogens is 292 g/mol. The fourth-order valence-electron chi connectivity index (χ4n) is 1.89.